The van der Waals surface area contributed by atoms with Gasteiger partial charge in [0.15, 0.2) is 5.96 Å². The molecule has 3 saturated heterocycles. The van der Waals surface area contributed by atoms with E-state index in [1.54, 1.807) is 0 Å². The van der Waals surface area contributed by atoms with Crippen LogP contribution in [0, 0.1) is 5.41 Å². The lowest BCUT2D eigenvalue weighted by Gasteiger charge is -2.35. The first-order valence-corrected chi connectivity index (χ1v) is 9.51. The van der Waals surface area contributed by atoms with Crippen molar-refractivity contribution in [3.05, 3.63) is 0 Å². The van der Waals surface area contributed by atoms with Crippen molar-refractivity contribution in [2.24, 2.45) is 10.4 Å². The van der Waals surface area contributed by atoms with Gasteiger partial charge in [-0.25, -0.2) is 0 Å². The molecule has 3 rings (SSSR count). The first kappa shape index (κ1) is 18.0. The third-order valence-electron chi connectivity index (χ3n) is 5.56. The molecule has 0 bridgehead atoms. The molecule has 24 heavy (non-hydrogen) atoms. The van der Waals surface area contributed by atoms with E-state index in [2.05, 4.69) is 34.0 Å². The molecule has 3 heterocycles. The number of rotatable bonds is 4. The number of hydrogen-bond acceptors (Lipinski definition) is 4. The monoisotopic (exact) mass is 338 g/mol. The summed E-state index contributed by atoms with van der Waals surface area (Å²) < 4.78 is 11.4. The maximum atomic E-state index is 5.80. The number of ether oxygens (including phenoxy) is 2. The standard InChI is InChI=1S/C18H34N4O2/c1-15-11-21(12-16(2)24-15)8-4-7-20-17(19-3)22-9-5-18(13-22)6-10-23-14-18/h15-16H,4-14H2,1-3H3,(H,19,20). The Bertz CT molecular complexity index is 427. The van der Waals surface area contributed by atoms with Crippen molar-refractivity contribution in [3.63, 3.8) is 0 Å². The van der Waals surface area contributed by atoms with Gasteiger partial charge >= 0.3 is 0 Å². The second-order valence-corrected chi connectivity index (χ2v) is 7.82. The molecule has 0 radical (unpaired) electrons. The summed E-state index contributed by atoms with van der Waals surface area (Å²) >= 11 is 0. The van der Waals surface area contributed by atoms with Crippen LogP contribution in [0.2, 0.25) is 0 Å². The fraction of sp³-hybridized carbons (Fsp3) is 0.944. The molecule has 138 valence electrons. The lowest BCUT2D eigenvalue weighted by atomic mass is 9.87. The van der Waals surface area contributed by atoms with E-state index in [4.69, 9.17) is 9.47 Å². The first-order valence-electron chi connectivity index (χ1n) is 9.51. The van der Waals surface area contributed by atoms with Crippen molar-refractivity contribution >= 4 is 5.96 Å². The summed E-state index contributed by atoms with van der Waals surface area (Å²) in [6.07, 6.45) is 4.28. The zero-order valence-corrected chi connectivity index (χ0v) is 15.6. The fourth-order valence-corrected chi connectivity index (χ4v) is 4.39. The van der Waals surface area contributed by atoms with Crippen LogP contribution < -0.4 is 5.32 Å². The number of morpholine rings is 1. The zero-order chi connectivity index (χ0) is 17.0. The van der Waals surface area contributed by atoms with Gasteiger partial charge < -0.3 is 19.7 Å². The summed E-state index contributed by atoms with van der Waals surface area (Å²) in [6, 6.07) is 0. The second kappa shape index (κ2) is 8.02. The minimum atomic E-state index is 0.351. The Kier molecular flexibility index (Phi) is 6.00. The Morgan fingerprint density at radius 3 is 2.71 bits per heavy atom. The minimum absolute atomic E-state index is 0.351. The number of aliphatic imine (C=N–C) groups is 1. The van der Waals surface area contributed by atoms with Crippen molar-refractivity contribution in [1.29, 1.82) is 0 Å². The van der Waals surface area contributed by atoms with Crippen LogP contribution in [0.5, 0.6) is 0 Å². The van der Waals surface area contributed by atoms with E-state index in [0.29, 0.717) is 17.6 Å². The molecule has 0 aromatic carbocycles. The SMILES string of the molecule is CN=C(NCCCN1CC(C)OC(C)C1)N1CCC2(CCOC2)C1. The molecule has 0 amide bonds. The van der Waals surface area contributed by atoms with Crippen molar-refractivity contribution in [1.82, 2.24) is 15.1 Å². The van der Waals surface area contributed by atoms with Crippen LogP contribution in [0.3, 0.4) is 0 Å². The summed E-state index contributed by atoms with van der Waals surface area (Å²) in [5.74, 6) is 1.06. The topological polar surface area (TPSA) is 49.3 Å². The summed E-state index contributed by atoms with van der Waals surface area (Å²) in [6.45, 7) is 12.6. The number of likely N-dealkylation sites (tertiary alicyclic amines) is 1. The van der Waals surface area contributed by atoms with Crippen LogP contribution in [-0.4, -0.2) is 87.5 Å². The van der Waals surface area contributed by atoms with E-state index in [-0.39, 0.29) is 0 Å². The molecule has 3 aliphatic heterocycles. The molecule has 6 heteroatoms. The lowest BCUT2D eigenvalue weighted by molar-refractivity contribution is -0.0679. The van der Waals surface area contributed by atoms with E-state index in [9.17, 15) is 0 Å². The van der Waals surface area contributed by atoms with Crippen LogP contribution in [0.1, 0.15) is 33.1 Å². The van der Waals surface area contributed by atoms with Crippen molar-refractivity contribution in [2.75, 3.05) is 59.5 Å². The second-order valence-electron chi connectivity index (χ2n) is 7.82. The largest absolute Gasteiger partial charge is 0.381 e. The molecule has 6 nitrogen and oxygen atoms in total. The summed E-state index contributed by atoms with van der Waals surface area (Å²) in [5.41, 5.74) is 0.387. The fourth-order valence-electron chi connectivity index (χ4n) is 4.39. The van der Waals surface area contributed by atoms with E-state index < -0.39 is 0 Å². The average molecular weight is 338 g/mol. The number of hydrogen-bond donors (Lipinski definition) is 1. The highest BCUT2D eigenvalue weighted by Gasteiger charge is 2.42. The molecule has 0 saturated carbocycles. The highest BCUT2D eigenvalue weighted by atomic mass is 16.5. The Morgan fingerprint density at radius 1 is 1.25 bits per heavy atom. The Hall–Kier alpha value is -0.850. The van der Waals surface area contributed by atoms with Gasteiger partial charge in [0.05, 0.1) is 18.8 Å². The predicted molar refractivity (Wildman–Crippen MR) is 96.5 cm³/mol. The maximum Gasteiger partial charge on any atom is 0.193 e. The third-order valence-corrected chi connectivity index (χ3v) is 5.56. The van der Waals surface area contributed by atoms with Gasteiger partial charge in [0.2, 0.25) is 0 Å². The maximum absolute atomic E-state index is 5.80. The summed E-state index contributed by atoms with van der Waals surface area (Å²) in [7, 11) is 1.89. The van der Waals surface area contributed by atoms with Gasteiger partial charge in [-0.3, -0.25) is 9.89 Å². The van der Waals surface area contributed by atoms with Crippen molar-refractivity contribution < 1.29 is 9.47 Å². The van der Waals surface area contributed by atoms with Crippen LogP contribution in [0.25, 0.3) is 0 Å². The van der Waals surface area contributed by atoms with E-state index in [1.807, 2.05) is 7.05 Å². The highest BCUT2D eigenvalue weighted by molar-refractivity contribution is 5.80. The molecule has 0 aromatic rings. The van der Waals surface area contributed by atoms with Crippen LogP contribution >= 0.6 is 0 Å². The van der Waals surface area contributed by atoms with Gasteiger partial charge in [0.1, 0.15) is 0 Å². The number of nitrogens with zero attached hydrogens (tertiary/aromatic N) is 3. The van der Waals surface area contributed by atoms with Gasteiger partial charge in [-0.05, 0) is 33.1 Å². The molecule has 3 atom stereocenters. The lowest BCUT2D eigenvalue weighted by Crippen LogP contribution is -2.46. The van der Waals surface area contributed by atoms with Crippen LogP contribution in [0.4, 0.5) is 0 Å². The highest BCUT2D eigenvalue weighted by Crippen LogP contribution is 2.38. The Labute approximate surface area is 146 Å². The molecular weight excluding hydrogens is 304 g/mol. The van der Waals surface area contributed by atoms with Gasteiger partial charge in [-0.2, -0.15) is 0 Å². The third kappa shape index (κ3) is 4.41. The number of guanidine groups is 1. The first-order chi connectivity index (χ1) is 11.6. The minimum Gasteiger partial charge on any atom is -0.381 e. The normalized spacial score (nSPS) is 35.1. The summed E-state index contributed by atoms with van der Waals surface area (Å²) in [4.78, 5) is 9.42. The molecular formula is C18H34N4O2. The molecule has 0 aromatic heterocycles. The van der Waals surface area contributed by atoms with E-state index in [0.717, 1.165) is 64.9 Å². The zero-order valence-electron chi connectivity index (χ0n) is 15.6. The summed E-state index contributed by atoms with van der Waals surface area (Å²) in [5, 5.41) is 3.56. The Morgan fingerprint density at radius 2 is 2.04 bits per heavy atom. The quantitative estimate of drug-likeness (QED) is 0.474. The smallest absolute Gasteiger partial charge is 0.193 e. The molecule has 1 spiro atoms. The van der Waals surface area contributed by atoms with Gasteiger partial charge in [-0.1, -0.05) is 0 Å². The Balaban J connectivity index is 1.37. The molecule has 3 fully saturated rings. The molecule has 1 N–H and O–H groups in total. The van der Waals surface area contributed by atoms with Crippen LogP contribution in [-0.2, 0) is 9.47 Å². The van der Waals surface area contributed by atoms with E-state index >= 15 is 0 Å². The molecule has 0 aliphatic carbocycles. The van der Waals surface area contributed by atoms with Gasteiger partial charge in [0, 0.05) is 58.3 Å². The van der Waals surface area contributed by atoms with Crippen molar-refractivity contribution in [3.8, 4) is 0 Å². The van der Waals surface area contributed by atoms with Crippen molar-refractivity contribution in [2.45, 2.75) is 45.3 Å². The molecule has 3 aliphatic rings. The van der Waals surface area contributed by atoms with Crippen LogP contribution in [0.15, 0.2) is 4.99 Å². The predicted octanol–water partition coefficient (Wildman–Crippen LogP) is 1.17. The van der Waals surface area contributed by atoms with Gasteiger partial charge in [0.25, 0.3) is 0 Å². The van der Waals surface area contributed by atoms with Gasteiger partial charge in [-0.15, -0.1) is 0 Å². The number of nitrogens with one attached hydrogen (secondary N) is 1. The average Bonchev–Trinajstić information content (AvgIpc) is 3.17. The molecule has 3 unspecified atom stereocenters. The van der Waals surface area contributed by atoms with E-state index in [1.165, 1.54) is 12.8 Å².